The summed E-state index contributed by atoms with van der Waals surface area (Å²) in [4.78, 5) is 0. The predicted octanol–water partition coefficient (Wildman–Crippen LogP) is 3.93. The van der Waals surface area contributed by atoms with Crippen LogP contribution in [0.3, 0.4) is 0 Å². The topological polar surface area (TPSA) is 35.2 Å². The molecule has 0 aliphatic rings. The smallest absolute Gasteiger partial charge is 0.127 e. The van der Waals surface area contributed by atoms with E-state index in [1.165, 1.54) is 17.5 Å². The number of hydrogen-bond donors (Lipinski definition) is 1. The van der Waals surface area contributed by atoms with Gasteiger partial charge in [0.1, 0.15) is 11.5 Å². The third kappa shape index (κ3) is 4.11. The first-order valence-corrected chi connectivity index (χ1v) is 6.87. The molecule has 0 aliphatic carbocycles. The van der Waals surface area contributed by atoms with E-state index in [0.29, 0.717) is 6.54 Å². The van der Waals surface area contributed by atoms with Gasteiger partial charge in [-0.1, -0.05) is 37.6 Å². The van der Waals surface area contributed by atoms with E-state index in [9.17, 15) is 0 Å². The van der Waals surface area contributed by atoms with E-state index in [0.717, 1.165) is 24.3 Å². The quantitative estimate of drug-likeness (QED) is 0.848. The van der Waals surface area contributed by atoms with Crippen molar-refractivity contribution in [3.8, 4) is 11.5 Å². The molecule has 0 aliphatic heterocycles. The van der Waals surface area contributed by atoms with Gasteiger partial charge in [0.05, 0.1) is 0 Å². The Morgan fingerprint density at radius 1 is 0.895 bits per heavy atom. The zero-order valence-electron chi connectivity index (χ0n) is 11.4. The Labute approximate surface area is 115 Å². The summed E-state index contributed by atoms with van der Waals surface area (Å²) < 4.78 is 5.86. The normalized spacial score (nSPS) is 10.4. The first-order chi connectivity index (χ1) is 9.31. The highest BCUT2D eigenvalue weighted by atomic mass is 16.5. The molecule has 100 valence electrons. The summed E-state index contributed by atoms with van der Waals surface area (Å²) in [5.41, 5.74) is 8.13. The lowest BCUT2D eigenvalue weighted by molar-refractivity contribution is 0.481. The van der Waals surface area contributed by atoms with Crippen LogP contribution >= 0.6 is 0 Å². The van der Waals surface area contributed by atoms with E-state index in [4.69, 9.17) is 10.5 Å². The minimum atomic E-state index is 0.662. The average molecular weight is 255 g/mol. The maximum atomic E-state index is 5.86. The van der Waals surface area contributed by atoms with Crippen molar-refractivity contribution in [3.63, 3.8) is 0 Å². The van der Waals surface area contributed by atoms with Gasteiger partial charge in [-0.15, -0.1) is 0 Å². The second-order valence-electron chi connectivity index (χ2n) is 4.68. The van der Waals surface area contributed by atoms with Gasteiger partial charge in [-0.05, 0) is 54.8 Å². The van der Waals surface area contributed by atoms with Crippen molar-refractivity contribution in [1.82, 2.24) is 0 Å². The van der Waals surface area contributed by atoms with Crippen LogP contribution in [0, 0.1) is 0 Å². The molecule has 2 N–H and O–H groups in total. The van der Waals surface area contributed by atoms with Crippen LogP contribution in [-0.2, 0) is 12.8 Å². The molecule has 0 aromatic heterocycles. The summed E-state index contributed by atoms with van der Waals surface area (Å²) in [7, 11) is 0. The van der Waals surface area contributed by atoms with Crippen molar-refractivity contribution in [3.05, 3.63) is 59.7 Å². The summed E-state index contributed by atoms with van der Waals surface area (Å²) in [6.07, 6.45) is 3.17. The first kappa shape index (κ1) is 13.6. The highest BCUT2D eigenvalue weighted by Gasteiger charge is 1.99. The van der Waals surface area contributed by atoms with Crippen LogP contribution in [0.15, 0.2) is 48.5 Å². The van der Waals surface area contributed by atoms with Crippen LogP contribution in [0.1, 0.15) is 24.5 Å². The third-order valence-electron chi connectivity index (χ3n) is 3.03. The van der Waals surface area contributed by atoms with E-state index in [1.807, 2.05) is 30.3 Å². The van der Waals surface area contributed by atoms with Gasteiger partial charge in [-0.3, -0.25) is 0 Å². The van der Waals surface area contributed by atoms with Gasteiger partial charge < -0.3 is 10.5 Å². The SMILES string of the molecule is CCCc1ccc(Oc2cccc(CCN)c2)cc1. The van der Waals surface area contributed by atoms with E-state index < -0.39 is 0 Å². The van der Waals surface area contributed by atoms with Crippen LogP contribution in [0.5, 0.6) is 11.5 Å². The van der Waals surface area contributed by atoms with Crippen molar-refractivity contribution >= 4 is 0 Å². The molecule has 0 fully saturated rings. The van der Waals surface area contributed by atoms with E-state index in [2.05, 4.69) is 25.1 Å². The van der Waals surface area contributed by atoms with E-state index in [1.54, 1.807) is 0 Å². The molecule has 0 saturated heterocycles. The molecule has 19 heavy (non-hydrogen) atoms. The van der Waals surface area contributed by atoms with Crippen molar-refractivity contribution in [1.29, 1.82) is 0 Å². The molecule has 0 atom stereocenters. The fraction of sp³-hybridized carbons (Fsp3) is 0.294. The Morgan fingerprint density at radius 2 is 1.68 bits per heavy atom. The molecule has 2 heteroatoms. The Hall–Kier alpha value is -1.80. The highest BCUT2D eigenvalue weighted by molar-refractivity contribution is 5.35. The summed E-state index contributed by atoms with van der Waals surface area (Å²) in [6.45, 7) is 2.85. The summed E-state index contributed by atoms with van der Waals surface area (Å²) in [5, 5.41) is 0. The van der Waals surface area contributed by atoms with Crippen LogP contribution in [0.2, 0.25) is 0 Å². The maximum absolute atomic E-state index is 5.86. The predicted molar refractivity (Wildman–Crippen MR) is 79.7 cm³/mol. The molecule has 0 saturated carbocycles. The standard InChI is InChI=1S/C17H21NO/c1-2-4-14-7-9-16(10-8-14)19-17-6-3-5-15(13-17)11-12-18/h3,5-10,13H,2,4,11-12,18H2,1H3. The minimum Gasteiger partial charge on any atom is -0.457 e. The van der Waals surface area contributed by atoms with Gasteiger partial charge in [-0.25, -0.2) is 0 Å². The van der Waals surface area contributed by atoms with Crippen LogP contribution < -0.4 is 10.5 Å². The Bertz CT molecular complexity index is 505. The molecule has 2 rings (SSSR count). The number of aryl methyl sites for hydroxylation is 1. The molecule has 0 amide bonds. The van der Waals surface area contributed by atoms with Gasteiger partial charge >= 0.3 is 0 Å². The van der Waals surface area contributed by atoms with Crippen LogP contribution in [-0.4, -0.2) is 6.54 Å². The molecule has 0 spiro atoms. The van der Waals surface area contributed by atoms with Gasteiger partial charge in [0.2, 0.25) is 0 Å². The molecule has 2 aromatic rings. The lowest BCUT2D eigenvalue weighted by Crippen LogP contribution is -2.02. The number of benzene rings is 2. The second kappa shape index (κ2) is 6.95. The number of hydrogen-bond acceptors (Lipinski definition) is 2. The van der Waals surface area contributed by atoms with Gasteiger partial charge in [0.25, 0.3) is 0 Å². The zero-order chi connectivity index (χ0) is 13.5. The van der Waals surface area contributed by atoms with Crippen molar-refractivity contribution < 1.29 is 4.74 Å². The summed E-state index contributed by atoms with van der Waals surface area (Å²) >= 11 is 0. The number of nitrogens with two attached hydrogens (primary N) is 1. The second-order valence-corrected chi connectivity index (χ2v) is 4.68. The lowest BCUT2D eigenvalue weighted by atomic mass is 10.1. The molecule has 0 unspecified atom stereocenters. The monoisotopic (exact) mass is 255 g/mol. The molecule has 0 heterocycles. The minimum absolute atomic E-state index is 0.662. The zero-order valence-corrected chi connectivity index (χ0v) is 11.4. The molecular formula is C17H21NO. The molecule has 2 nitrogen and oxygen atoms in total. The molecule has 0 radical (unpaired) electrons. The molecule has 0 bridgehead atoms. The Kier molecular flexibility index (Phi) is 4.99. The van der Waals surface area contributed by atoms with Gasteiger partial charge in [-0.2, -0.15) is 0 Å². The number of rotatable bonds is 6. The fourth-order valence-corrected chi connectivity index (χ4v) is 2.08. The Morgan fingerprint density at radius 3 is 2.37 bits per heavy atom. The van der Waals surface area contributed by atoms with Crippen LogP contribution in [0.4, 0.5) is 0 Å². The highest BCUT2D eigenvalue weighted by Crippen LogP contribution is 2.23. The average Bonchev–Trinajstić information content (AvgIpc) is 2.42. The van der Waals surface area contributed by atoms with E-state index in [-0.39, 0.29) is 0 Å². The lowest BCUT2D eigenvalue weighted by Gasteiger charge is -2.08. The van der Waals surface area contributed by atoms with Crippen molar-refractivity contribution in [2.45, 2.75) is 26.2 Å². The maximum Gasteiger partial charge on any atom is 0.127 e. The van der Waals surface area contributed by atoms with Crippen molar-refractivity contribution in [2.24, 2.45) is 5.73 Å². The van der Waals surface area contributed by atoms with Gasteiger partial charge in [0, 0.05) is 0 Å². The third-order valence-corrected chi connectivity index (χ3v) is 3.03. The molecule has 2 aromatic carbocycles. The first-order valence-electron chi connectivity index (χ1n) is 6.87. The Balaban J connectivity index is 2.05. The fourth-order valence-electron chi connectivity index (χ4n) is 2.08. The summed E-state index contributed by atoms with van der Waals surface area (Å²) in [5.74, 6) is 1.75. The van der Waals surface area contributed by atoms with E-state index >= 15 is 0 Å². The largest absolute Gasteiger partial charge is 0.457 e. The number of ether oxygens (including phenoxy) is 1. The van der Waals surface area contributed by atoms with Crippen LogP contribution in [0.25, 0.3) is 0 Å². The summed E-state index contributed by atoms with van der Waals surface area (Å²) in [6, 6.07) is 16.4. The van der Waals surface area contributed by atoms with Crippen molar-refractivity contribution in [2.75, 3.05) is 6.54 Å². The van der Waals surface area contributed by atoms with Gasteiger partial charge in [0.15, 0.2) is 0 Å². The molecular weight excluding hydrogens is 234 g/mol.